The Labute approximate surface area is 286 Å². The molecule has 0 saturated heterocycles. The molecule has 0 bridgehead atoms. The van der Waals surface area contributed by atoms with Crippen molar-refractivity contribution in [2.75, 3.05) is 4.90 Å². The largest absolute Gasteiger partial charge is 0.456 e. The smallest absolute Gasteiger partial charge is 0.143 e. The zero-order valence-electron chi connectivity index (χ0n) is 26.8. The van der Waals surface area contributed by atoms with E-state index in [4.69, 9.17) is 13.3 Å². The number of furan rings is 3. The van der Waals surface area contributed by atoms with Crippen molar-refractivity contribution < 1.29 is 13.3 Å². The molecule has 11 aromatic rings. The van der Waals surface area contributed by atoms with Gasteiger partial charge in [-0.2, -0.15) is 0 Å². The van der Waals surface area contributed by atoms with Crippen molar-refractivity contribution in [2.24, 2.45) is 0 Å². The normalized spacial score (nSPS) is 12.0. The SMILES string of the molecule is c1ccc2c(c1)ccc1c3cccc(-c4ccc(N(c5ccc6c(c5)oc5ccccc56)c5ccc6c(c5)oc5ccccc56)cc4)c3oc21. The quantitative estimate of drug-likeness (QED) is 0.192. The van der Waals surface area contributed by atoms with Crippen LogP contribution in [0.3, 0.4) is 0 Å². The topological polar surface area (TPSA) is 42.7 Å². The predicted octanol–water partition coefficient (Wildman–Crippen LogP) is 13.7. The van der Waals surface area contributed by atoms with E-state index in [0.717, 1.165) is 99.4 Å². The second-order valence-electron chi connectivity index (χ2n) is 12.9. The van der Waals surface area contributed by atoms with Crippen LogP contribution in [0.5, 0.6) is 0 Å². The van der Waals surface area contributed by atoms with Crippen LogP contribution in [0, 0.1) is 0 Å². The fraction of sp³-hybridized carbons (Fsp3) is 0. The number of benzene rings is 8. The minimum Gasteiger partial charge on any atom is -0.456 e. The molecule has 0 atom stereocenters. The zero-order chi connectivity index (χ0) is 32.8. The van der Waals surface area contributed by atoms with Gasteiger partial charge in [-0.15, -0.1) is 0 Å². The number of hydrogen-bond acceptors (Lipinski definition) is 4. The van der Waals surface area contributed by atoms with Gasteiger partial charge in [-0.3, -0.25) is 0 Å². The van der Waals surface area contributed by atoms with E-state index in [1.165, 1.54) is 5.39 Å². The molecule has 0 unspecified atom stereocenters. The predicted molar refractivity (Wildman–Crippen MR) is 206 cm³/mol. The number of rotatable bonds is 4. The molecule has 4 nitrogen and oxygen atoms in total. The monoisotopic (exact) mass is 641 g/mol. The molecule has 3 aromatic heterocycles. The van der Waals surface area contributed by atoms with Crippen LogP contribution in [0.15, 0.2) is 177 Å². The molecule has 0 N–H and O–H groups in total. The summed E-state index contributed by atoms with van der Waals surface area (Å²) in [6.45, 7) is 0. The highest BCUT2D eigenvalue weighted by molar-refractivity contribution is 6.17. The van der Waals surface area contributed by atoms with Crippen molar-refractivity contribution in [1.29, 1.82) is 0 Å². The van der Waals surface area contributed by atoms with E-state index in [1.54, 1.807) is 0 Å². The number of nitrogens with zero attached hydrogens (tertiary/aromatic N) is 1. The van der Waals surface area contributed by atoms with Crippen molar-refractivity contribution in [2.45, 2.75) is 0 Å². The first-order valence-corrected chi connectivity index (χ1v) is 16.8. The summed E-state index contributed by atoms with van der Waals surface area (Å²) in [5.41, 5.74) is 10.4. The van der Waals surface area contributed by atoms with Gasteiger partial charge in [-0.25, -0.2) is 0 Å². The lowest BCUT2D eigenvalue weighted by Crippen LogP contribution is -2.09. The maximum absolute atomic E-state index is 6.67. The van der Waals surface area contributed by atoms with Crippen molar-refractivity contribution in [3.8, 4) is 11.1 Å². The lowest BCUT2D eigenvalue weighted by Gasteiger charge is -2.25. The summed E-state index contributed by atoms with van der Waals surface area (Å²) < 4.78 is 19.3. The molecular formula is C46H27NO3. The summed E-state index contributed by atoms with van der Waals surface area (Å²) in [4.78, 5) is 2.26. The molecule has 0 aliphatic carbocycles. The van der Waals surface area contributed by atoms with Crippen LogP contribution in [-0.4, -0.2) is 0 Å². The zero-order valence-corrected chi connectivity index (χ0v) is 26.8. The number of anilines is 3. The fourth-order valence-corrected chi connectivity index (χ4v) is 7.70. The van der Waals surface area contributed by atoms with Crippen LogP contribution in [0.25, 0.3) is 87.7 Å². The molecule has 50 heavy (non-hydrogen) atoms. The average molecular weight is 642 g/mol. The highest BCUT2D eigenvalue weighted by Crippen LogP contribution is 2.43. The number of para-hydroxylation sites is 3. The highest BCUT2D eigenvalue weighted by Gasteiger charge is 2.19. The molecular weight excluding hydrogens is 615 g/mol. The van der Waals surface area contributed by atoms with Crippen LogP contribution >= 0.6 is 0 Å². The molecule has 0 amide bonds. The third kappa shape index (κ3) is 3.99. The van der Waals surface area contributed by atoms with E-state index < -0.39 is 0 Å². The third-order valence-electron chi connectivity index (χ3n) is 10.1. The summed E-state index contributed by atoms with van der Waals surface area (Å²) in [5, 5.41) is 8.96. The van der Waals surface area contributed by atoms with E-state index in [2.05, 4.69) is 144 Å². The van der Waals surface area contributed by atoms with Crippen LogP contribution in [0.2, 0.25) is 0 Å². The molecule has 0 fully saturated rings. The summed E-state index contributed by atoms with van der Waals surface area (Å²) >= 11 is 0. The molecule has 0 radical (unpaired) electrons. The first-order valence-electron chi connectivity index (χ1n) is 16.8. The highest BCUT2D eigenvalue weighted by atomic mass is 16.3. The number of fused-ring (bicyclic) bond motifs is 11. The van der Waals surface area contributed by atoms with Crippen molar-refractivity contribution >= 4 is 93.7 Å². The Morgan fingerprint density at radius 3 is 1.52 bits per heavy atom. The van der Waals surface area contributed by atoms with Gasteiger partial charge in [-0.1, -0.05) is 97.1 Å². The van der Waals surface area contributed by atoms with Crippen LogP contribution in [0.4, 0.5) is 17.1 Å². The Balaban J connectivity index is 1.07. The van der Waals surface area contributed by atoms with Crippen molar-refractivity contribution in [3.63, 3.8) is 0 Å². The van der Waals surface area contributed by atoms with Gasteiger partial charge in [0.15, 0.2) is 0 Å². The Kier molecular flexibility index (Phi) is 5.63. The van der Waals surface area contributed by atoms with E-state index in [1.807, 2.05) is 24.3 Å². The first kappa shape index (κ1) is 27.2. The third-order valence-corrected chi connectivity index (χ3v) is 10.1. The summed E-state index contributed by atoms with van der Waals surface area (Å²) in [5.74, 6) is 0. The lowest BCUT2D eigenvalue weighted by atomic mass is 10.0. The van der Waals surface area contributed by atoms with Gasteiger partial charge in [0.1, 0.15) is 33.5 Å². The van der Waals surface area contributed by atoms with Crippen LogP contribution in [-0.2, 0) is 0 Å². The molecule has 4 heteroatoms. The van der Waals surface area contributed by atoms with Gasteiger partial charge >= 0.3 is 0 Å². The standard InChI is InChI=1S/C46H27NO3/c1-2-9-33-28(8-1)18-23-40-39-13-7-12-34(45(39)50-46(33)40)29-16-19-30(20-17-29)47(31-21-24-37-35-10-3-5-14-41(35)48-43(37)26-31)32-22-25-38-36-11-4-6-15-42(36)49-44(38)27-32/h1-27H. The van der Waals surface area contributed by atoms with Gasteiger partial charge in [0.25, 0.3) is 0 Å². The Morgan fingerprint density at radius 2 is 0.840 bits per heavy atom. The molecule has 8 aromatic carbocycles. The van der Waals surface area contributed by atoms with Crippen molar-refractivity contribution in [1.82, 2.24) is 0 Å². The van der Waals surface area contributed by atoms with E-state index >= 15 is 0 Å². The minimum atomic E-state index is 0.847. The Morgan fingerprint density at radius 1 is 0.320 bits per heavy atom. The summed E-state index contributed by atoms with van der Waals surface area (Å²) in [6, 6.07) is 57.2. The van der Waals surface area contributed by atoms with Crippen LogP contribution in [0.1, 0.15) is 0 Å². The van der Waals surface area contributed by atoms with E-state index in [-0.39, 0.29) is 0 Å². The first-order chi connectivity index (χ1) is 24.8. The average Bonchev–Trinajstić information content (AvgIpc) is 3.86. The Hall–Kier alpha value is -6.78. The van der Waals surface area contributed by atoms with Gasteiger partial charge in [-0.05, 0) is 65.5 Å². The summed E-state index contributed by atoms with van der Waals surface area (Å²) in [6.07, 6.45) is 0. The fourth-order valence-electron chi connectivity index (χ4n) is 7.70. The second kappa shape index (κ2) is 10.4. The molecule has 234 valence electrons. The van der Waals surface area contributed by atoms with Gasteiger partial charge < -0.3 is 18.2 Å². The van der Waals surface area contributed by atoms with Crippen molar-refractivity contribution in [3.05, 3.63) is 164 Å². The molecule has 0 aliphatic heterocycles. The molecule has 0 spiro atoms. The molecule has 11 rings (SSSR count). The lowest BCUT2D eigenvalue weighted by molar-refractivity contribution is 0.669. The van der Waals surface area contributed by atoms with E-state index in [9.17, 15) is 0 Å². The van der Waals surface area contributed by atoms with Gasteiger partial charge in [0, 0.05) is 72.5 Å². The molecule has 0 aliphatic rings. The maximum atomic E-state index is 6.67. The maximum Gasteiger partial charge on any atom is 0.143 e. The minimum absolute atomic E-state index is 0.847. The van der Waals surface area contributed by atoms with Crippen LogP contribution < -0.4 is 4.90 Å². The van der Waals surface area contributed by atoms with Gasteiger partial charge in [0.2, 0.25) is 0 Å². The molecule has 0 saturated carbocycles. The number of hydrogen-bond donors (Lipinski definition) is 0. The van der Waals surface area contributed by atoms with E-state index in [0.29, 0.717) is 0 Å². The Bertz CT molecular complexity index is 2990. The summed E-state index contributed by atoms with van der Waals surface area (Å²) in [7, 11) is 0. The second-order valence-corrected chi connectivity index (χ2v) is 12.9. The van der Waals surface area contributed by atoms with Gasteiger partial charge in [0.05, 0.1) is 0 Å². The molecule has 3 heterocycles.